The maximum absolute atomic E-state index is 11.7. The van der Waals surface area contributed by atoms with Crippen molar-refractivity contribution in [3.05, 3.63) is 0 Å². The van der Waals surface area contributed by atoms with E-state index < -0.39 is 18.8 Å². The van der Waals surface area contributed by atoms with Gasteiger partial charge in [-0.15, -0.1) is 0 Å². The third-order valence-electron chi connectivity index (χ3n) is 1.93. The zero-order valence-electron chi connectivity index (χ0n) is 6.91. The summed E-state index contributed by atoms with van der Waals surface area (Å²) in [5, 5.41) is 10.4. The van der Waals surface area contributed by atoms with Crippen molar-refractivity contribution in [2.75, 3.05) is 13.1 Å². The predicted molar refractivity (Wildman–Crippen MR) is 37.1 cm³/mol. The lowest BCUT2D eigenvalue weighted by molar-refractivity contribution is -0.270. The zero-order chi connectivity index (χ0) is 9.84. The van der Waals surface area contributed by atoms with Crippen LogP contribution in [0, 0.1) is 0 Å². The van der Waals surface area contributed by atoms with Crippen molar-refractivity contribution in [1.82, 2.24) is 4.90 Å². The maximum atomic E-state index is 11.7. The summed E-state index contributed by atoms with van der Waals surface area (Å²) in [7, 11) is 0. The SMILES string of the molecule is O=C([O-])N1CCC[C@H](OC(F)F)C1. The number of likely N-dealkylation sites (tertiary alicyclic amines) is 1. The van der Waals surface area contributed by atoms with Crippen LogP contribution in [-0.4, -0.2) is 36.8 Å². The monoisotopic (exact) mass is 194 g/mol. The molecule has 1 amide bonds. The Morgan fingerprint density at radius 1 is 1.62 bits per heavy atom. The van der Waals surface area contributed by atoms with Crippen molar-refractivity contribution < 1.29 is 23.4 Å². The normalized spacial score (nSPS) is 23.6. The first-order valence-electron chi connectivity index (χ1n) is 3.99. The average Bonchev–Trinajstić information content (AvgIpc) is 2.03. The Morgan fingerprint density at radius 3 is 2.85 bits per heavy atom. The van der Waals surface area contributed by atoms with Crippen LogP contribution in [0.4, 0.5) is 13.6 Å². The molecule has 1 fully saturated rings. The summed E-state index contributed by atoms with van der Waals surface area (Å²) in [6.45, 7) is -2.52. The first-order valence-corrected chi connectivity index (χ1v) is 3.99. The van der Waals surface area contributed by atoms with Gasteiger partial charge in [-0.05, 0) is 12.8 Å². The summed E-state index contributed by atoms with van der Waals surface area (Å²) in [4.78, 5) is 11.3. The molecule has 0 N–H and O–H groups in total. The number of nitrogens with zero attached hydrogens (tertiary/aromatic N) is 1. The van der Waals surface area contributed by atoms with Crippen LogP contribution < -0.4 is 5.11 Å². The van der Waals surface area contributed by atoms with Gasteiger partial charge in [0.15, 0.2) is 0 Å². The molecule has 4 nitrogen and oxygen atoms in total. The molecule has 1 aliphatic heterocycles. The Balaban J connectivity index is 2.37. The number of ether oxygens (including phenoxy) is 1. The Bertz CT molecular complexity index is 189. The molecule has 0 radical (unpaired) electrons. The molecule has 1 atom stereocenters. The second kappa shape index (κ2) is 4.36. The van der Waals surface area contributed by atoms with Crippen LogP contribution in [0.25, 0.3) is 0 Å². The summed E-state index contributed by atoms with van der Waals surface area (Å²) in [6, 6.07) is 0. The molecule has 1 heterocycles. The standard InChI is InChI=1S/C7H11F2NO3/c8-6(9)13-5-2-1-3-10(4-5)7(11)12/h5-6H,1-4H2,(H,11,12)/p-1/t5-/m0/s1. The zero-order valence-corrected chi connectivity index (χ0v) is 6.91. The molecule has 76 valence electrons. The molecule has 0 aliphatic carbocycles. The number of carbonyl (C=O) groups excluding carboxylic acids is 1. The summed E-state index contributed by atoms with van der Waals surface area (Å²) in [5.41, 5.74) is 0. The summed E-state index contributed by atoms with van der Waals surface area (Å²) < 4.78 is 27.7. The van der Waals surface area contributed by atoms with E-state index in [1.165, 1.54) is 0 Å². The Morgan fingerprint density at radius 2 is 2.31 bits per heavy atom. The summed E-state index contributed by atoms with van der Waals surface area (Å²) >= 11 is 0. The second-order valence-corrected chi connectivity index (χ2v) is 2.87. The van der Waals surface area contributed by atoms with Crippen molar-refractivity contribution in [2.24, 2.45) is 0 Å². The first-order chi connectivity index (χ1) is 6.09. The topological polar surface area (TPSA) is 52.6 Å². The molecule has 6 heteroatoms. The quantitative estimate of drug-likeness (QED) is 0.623. The van der Waals surface area contributed by atoms with Crippen LogP contribution in [0.15, 0.2) is 0 Å². The van der Waals surface area contributed by atoms with Crippen LogP contribution in [0.3, 0.4) is 0 Å². The fraction of sp³-hybridized carbons (Fsp3) is 0.857. The predicted octanol–water partition coefficient (Wildman–Crippen LogP) is 0.0333. The number of piperidine rings is 1. The number of hydrogen-bond acceptors (Lipinski definition) is 3. The molecular weight excluding hydrogens is 184 g/mol. The molecule has 0 aromatic carbocycles. The van der Waals surface area contributed by atoms with Gasteiger partial charge in [-0.25, -0.2) is 0 Å². The molecular formula is C7H10F2NO3-. The number of alkyl halides is 2. The van der Waals surface area contributed by atoms with Crippen molar-refractivity contribution in [2.45, 2.75) is 25.6 Å². The first kappa shape index (κ1) is 10.2. The smallest absolute Gasteiger partial charge is 0.345 e. The largest absolute Gasteiger partial charge is 0.530 e. The average molecular weight is 194 g/mol. The highest BCUT2D eigenvalue weighted by Crippen LogP contribution is 2.15. The van der Waals surface area contributed by atoms with Gasteiger partial charge in [-0.3, -0.25) is 0 Å². The van der Waals surface area contributed by atoms with E-state index in [1.54, 1.807) is 0 Å². The molecule has 13 heavy (non-hydrogen) atoms. The van der Waals surface area contributed by atoms with Crippen LogP contribution in [0.2, 0.25) is 0 Å². The van der Waals surface area contributed by atoms with Crippen molar-refractivity contribution in [3.63, 3.8) is 0 Å². The van der Waals surface area contributed by atoms with E-state index in [4.69, 9.17) is 0 Å². The molecule has 0 bridgehead atoms. The fourth-order valence-electron chi connectivity index (χ4n) is 1.36. The molecule has 0 aromatic rings. The van der Waals surface area contributed by atoms with Crippen LogP contribution in [0.5, 0.6) is 0 Å². The van der Waals surface area contributed by atoms with E-state index in [1.807, 2.05) is 0 Å². The van der Waals surface area contributed by atoms with E-state index in [0.717, 1.165) is 4.90 Å². The number of halogens is 2. The van der Waals surface area contributed by atoms with Gasteiger partial charge >= 0.3 is 6.61 Å². The molecule has 1 rings (SSSR count). The van der Waals surface area contributed by atoms with E-state index in [0.29, 0.717) is 19.4 Å². The van der Waals surface area contributed by atoms with Gasteiger partial charge in [0.25, 0.3) is 0 Å². The number of amides is 1. The molecule has 0 saturated carbocycles. The van der Waals surface area contributed by atoms with E-state index >= 15 is 0 Å². The second-order valence-electron chi connectivity index (χ2n) is 2.87. The fourth-order valence-corrected chi connectivity index (χ4v) is 1.36. The highest BCUT2D eigenvalue weighted by Gasteiger charge is 2.22. The summed E-state index contributed by atoms with van der Waals surface area (Å²) in [6.07, 6.45) is -1.03. The highest BCUT2D eigenvalue weighted by atomic mass is 19.3. The molecule has 1 saturated heterocycles. The van der Waals surface area contributed by atoms with Gasteiger partial charge in [0.1, 0.15) is 6.09 Å². The lowest BCUT2D eigenvalue weighted by Crippen LogP contribution is -2.49. The van der Waals surface area contributed by atoms with Crippen LogP contribution in [-0.2, 0) is 4.74 Å². The van der Waals surface area contributed by atoms with Gasteiger partial charge < -0.3 is 19.5 Å². The van der Waals surface area contributed by atoms with Crippen molar-refractivity contribution in [3.8, 4) is 0 Å². The minimum Gasteiger partial charge on any atom is -0.530 e. The Labute approximate surface area is 74.1 Å². The van der Waals surface area contributed by atoms with Crippen LogP contribution >= 0.6 is 0 Å². The third kappa shape index (κ3) is 3.14. The Hall–Kier alpha value is -0.910. The minimum absolute atomic E-state index is 0.0212. The van der Waals surface area contributed by atoms with Crippen molar-refractivity contribution in [1.29, 1.82) is 0 Å². The maximum Gasteiger partial charge on any atom is 0.345 e. The highest BCUT2D eigenvalue weighted by molar-refractivity contribution is 5.62. The van der Waals surface area contributed by atoms with E-state index in [9.17, 15) is 18.7 Å². The Kier molecular flexibility index (Phi) is 3.41. The van der Waals surface area contributed by atoms with Gasteiger partial charge in [0.05, 0.1) is 6.10 Å². The molecule has 0 aromatic heterocycles. The van der Waals surface area contributed by atoms with Crippen LogP contribution in [0.1, 0.15) is 12.8 Å². The van der Waals surface area contributed by atoms with E-state index in [2.05, 4.69) is 4.74 Å². The van der Waals surface area contributed by atoms with Gasteiger partial charge in [0.2, 0.25) is 0 Å². The lowest BCUT2D eigenvalue weighted by Gasteiger charge is -2.33. The van der Waals surface area contributed by atoms with Crippen molar-refractivity contribution >= 4 is 6.09 Å². The minimum atomic E-state index is -2.84. The third-order valence-corrected chi connectivity index (χ3v) is 1.93. The van der Waals surface area contributed by atoms with Gasteiger partial charge in [-0.2, -0.15) is 8.78 Å². The van der Waals surface area contributed by atoms with Gasteiger partial charge in [-0.1, -0.05) is 0 Å². The number of carboxylic acid groups (broad SMARTS) is 1. The lowest BCUT2D eigenvalue weighted by atomic mass is 10.1. The number of carbonyl (C=O) groups is 1. The molecule has 1 aliphatic rings. The summed E-state index contributed by atoms with van der Waals surface area (Å²) in [5.74, 6) is 0. The molecule has 0 spiro atoms. The number of rotatable bonds is 2. The number of hydrogen-bond donors (Lipinski definition) is 0. The van der Waals surface area contributed by atoms with Gasteiger partial charge in [0, 0.05) is 13.1 Å². The van der Waals surface area contributed by atoms with E-state index in [-0.39, 0.29) is 6.54 Å². The molecule has 0 unspecified atom stereocenters.